The number of hydrogen-bond acceptors (Lipinski definition) is 4. The molecule has 0 radical (unpaired) electrons. The first-order valence-electron chi connectivity index (χ1n) is 6.09. The summed E-state index contributed by atoms with van der Waals surface area (Å²) in [6.07, 6.45) is 0.190. The number of carbonyl (C=O) groups excluding carboxylic acids is 2. The topological polar surface area (TPSA) is 64.6 Å². The van der Waals surface area contributed by atoms with Crippen molar-refractivity contribution in [2.24, 2.45) is 0 Å². The second-order valence-corrected chi connectivity index (χ2v) is 4.22. The number of carbonyl (C=O) groups is 2. The molecule has 0 spiro atoms. The van der Waals surface area contributed by atoms with Crippen molar-refractivity contribution < 1.29 is 19.1 Å². The molecule has 0 aromatic heterocycles. The van der Waals surface area contributed by atoms with Crippen LogP contribution in [0, 0.1) is 6.92 Å². The van der Waals surface area contributed by atoms with Gasteiger partial charge in [0, 0.05) is 0 Å². The standard InChI is InChI=1S/C14H19NO4/c1-10-4-6-12(7-5-10)19-9-8-13(16)15-11(2)14(17)18-3/h4-7,11H,8-9H2,1-3H3,(H,15,16). The highest BCUT2D eigenvalue weighted by Gasteiger charge is 2.15. The molecule has 1 amide bonds. The number of methoxy groups -OCH3 is 1. The smallest absolute Gasteiger partial charge is 0.328 e. The van der Waals surface area contributed by atoms with E-state index >= 15 is 0 Å². The van der Waals surface area contributed by atoms with Crippen LogP contribution in [0.2, 0.25) is 0 Å². The molecular formula is C14H19NO4. The average Bonchev–Trinajstić information content (AvgIpc) is 2.40. The fourth-order valence-electron chi connectivity index (χ4n) is 1.45. The molecule has 0 bridgehead atoms. The first-order chi connectivity index (χ1) is 9.02. The average molecular weight is 265 g/mol. The van der Waals surface area contributed by atoms with E-state index in [1.54, 1.807) is 6.92 Å². The highest BCUT2D eigenvalue weighted by atomic mass is 16.5. The molecule has 5 heteroatoms. The van der Waals surface area contributed by atoms with Gasteiger partial charge in [-0.1, -0.05) is 17.7 Å². The number of benzene rings is 1. The fourth-order valence-corrected chi connectivity index (χ4v) is 1.45. The van der Waals surface area contributed by atoms with E-state index in [0.717, 1.165) is 11.3 Å². The van der Waals surface area contributed by atoms with Crippen LogP contribution in [0.4, 0.5) is 0 Å². The van der Waals surface area contributed by atoms with Crippen molar-refractivity contribution in [3.63, 3.8) is 0 Å². The Balaban J connectivity index is 2.27. The normalized spacial score (nSPS) is 11.5. The highest BCUT2D eigenvalue weighted by Crippen LogP contribution is 2.11. The molecule has 1 aromatic carbocycles. The van der Waals surface area contributed by atoms with E-state index in [1.807, 2.05) is 31.2 Å². The maximum absolute atomic E-state index is 11.5. The number of hydrogen-bond donors (Lipinski definition) is 1. The molecule has 1 atom stereocenters. The van der Waals surface area contributed by atoms with Crippen molar-refractivity contribution >= 4 is 11.9 Å². The fraction of sp³-hybridized carbons (Fsp3) is 0.429. The minimum absolute atomic E-state index is 0.190. The zero-order valence-electron chi connectivity index (χ0n) is 11.4. The molecule has 1 unspecified atom stereocenters. The zero-order chi connectivity index (χ0) is 14.3. The number of amides is 1. The van der Waals surface area contributed by atoms with Crippen LogP contribution in [-0.4, -0.2) is 31.6 Å². The Labute approximate surface area is 112 Å². The van der Waals surface area contributed by atoms with Gasteiger partial charge in [-0.15, -0.1) is 0 Å². The van der Waals surface area contributed by atoms with Gasteiger partial charge in [0.15, 0.2) is 0 Å². The van der Waals surface area contributed by atoms with Gasteiger partial charge in [-0.2, -0.15) is 0 Å². The summed E-state index contributed by atoms with van der Waals surface area (Å²) in [5.41, 5.74) is 1.15. The summed E-state index contributed by atoms with van der Waals surface area (Å²) >= 11 is 0. The lowest BCUT2D eigenvalue weighted by Gasteiger charge is -2.11. The van der Waals surface area contributed by atoms with Gasteiger partial charge < -0.3 is 14.8 Å². The highest BCUT2D eigenvalue weighted by molar-refractivity contribution is 5.84. The molecule has 0 aliphatic heterocycles. The van der Waals surface area contributed by atoms with E-state index in [-0.39, 0.29) is 18.9 Å². The molecule has 19 heavy (non-hydrogen) atoms. The van der Waals surface area contributed by atoms with Crippen molar-refractivity contribution in [3.05, 3.63) is 29.8 Å². The third kappa shape index (κ3) is 5.42. The lowest BCUT2D eigenvalue weighted by Crippen LogP contribution is -2.39. The molecule has 0 fully saturated rings. The lowest BCUT2D eigenvalue weighted by molar-refractivity contribution is -0.144. The van der Waals surface area contributed by atoms with Crippen molar-refractivity contribution in [3.8, 4) is 5.75 Å². The van der Waals surface area contributed by atoms with E-state index in [9.17, 15) is 9.59 Å². The molecule has 0 aliphatic rings. The number of esters is 1. The third-order valence-electron chi connectivity index (χ3n) is 2.55. The minimum atomic E-state index is -0.642. The Kier molecular flexibility index (Phi) is 5.85. The van der Waals surface area contributed by atoms with Gasteiger partial charge >= 0.3 is 5.97 Å². The maximum atomic E-state index is 11.5. The monoisotopic (exact) mass is 265 g/mol. The second kappa shape index (κ2) is 7.41. The van der Waals surface area contributed by atoms with Crippen LogP contribution in [-0.2, 0) is 14.3 Å². The van der Waals surface area contributed by atoms with Crippen LogP contribution >= 0.6 is 0 Å². The lowest BCUT2D eigenvalue weighted by atomic mass is 10.2. The Morgan fingerprint density at radius 1 is 1.26 bits per heavy atom. The summed E-state index contributed by atoms with van der Waals surface area (Å²) in [7, 11) is 1.28. The van der Waals surface area contributed by atoms with Crippen LogP contribution in [0.25, 0.3) is 0 Å². The molecule has 0 saturated heterocycles. The summed E-state index contributed by atoms with van der Waals surface area (Å²) in [5.74, 6) is 0.0113. The van der Waals surface area contributed by atoms with Crippen LogP contribution in [0.15, 0.2) is 24.3 Å². The predicted octanol–water partition coefficient (Wildman–Crippen LogP) is 1.44. The molecular weight excluding hydrogens is 246 g/mol. The Bertz CT molecular complexity index is 428. The predicted molar refractivity (Wildman–Crippen MR) is 70.9 cm³/mol. The Morgan fingerprint density at radius 2 is 1.89 bits per heavy atom. The zero-order valence-corrected chi connectivity index (χ0v) is 11.4. The molecule has 104 valence electrons. The van der Waals surface area contributed by atoms with Gasteiger partial charge in [0.25, 0.3) is 0 Å². The number of aryl methyl sites for hydroxylation is 1. The van der Waals surface area contributed by atoms with Crippen molar-refractivity contribution in [2.75, 3.05) is 13.7 Å². The molecule has 0 saturated carbocycles. The molecule has 0 aliphatic carbocycles. The summed E-state index contributed by atoms with van der Waals surface area (Å²) in [6.45, 7) is 3.83. The molecule has 1 aromatic rings. The van der Waals surface area contributed by atoms with E-state index in [0.29, 0.717) is 0 Å². The van der Waals surface area contributed by atoms with Crippen LogP contribution in [0.3, 0.4) is 0 Å². The van der Waals surface area contributed by atoms with Gasteiger partial charge in [0.1, 0.15) is 11.8 Å². The summed E-state index contributed by atoms with van der Waals surface area (Å²) in [5, 5.41) is 2.53. The maximum Gasteiger partial charge on any atom is 0.328 e. The summed E-state index contributed by atoms with van der Waals surface area (Å²) < 4.78 is 9.94. The quantitative estimate of drug-likeness (QED) is 0.790. The van der Waals surface area contributed by atoms with Gasteiger partial charge in [0.05, 0.1) is 20.1 Å². The van der Waals surface area contributed by atoms with Crippen LogP contribution in [0.1, 0.15) is 18.9 Å². The largest absolute Gasteiger partial charge is 0.493 e. The van der Waals surface area contributed by atoms with Crippen LogP contribution in [0.5, 0.6) is 5.75 Å². The van der Waals surface area contributed by atoms with Gasteiger partial charge in [-0.05, 0) is 26.0 Å². The van der Waals surface area contributed by atoms with Crippen LogP contribution < -0.4 is 10.1 Å². The second-order valence-electron chi connectivity index (χ2n) is 4.22. The van der Waals surface area contributed by atoms with Gasteiger partial charge in [-0.25, -0.2) is 4.79 Å². The number of nitrogens with one attached hydrogen (secondary N) is 1. The molecule has 0 heterocycles. The third-order valence-corrected chi connectivity index (χ3v) is 2.55. The van der Waals surface area contributed by atoms with Crippen molar-refractivity contribution in [1.82, 2.24) is 5.32 Å². The number of rotatable bonds is 6. The summed E-state index contributed by atoms with van der Waals surface area (Å²) in [6, 6.07) is 6.94. The Morgan fingerprint density at radius 3 is 2.47 bits per heavy atom. The minimum Gasteiger partial charge on any atom is -0.493 e. The Hall–Kier alpha value is -2.04. The van der Waals surface area contributed by atoms with Gasteiger partial charge in [-0.3, -0.25) is 4.79 Å². The van der Waals surface area contributed by atoms with E-state index in [4.69, 9.17) is 4.74 Å². The summed E-state index contributed by atoms with van der Waals surface area (Å²) in [4.78, 5) is 22.6. The first-order valence-corrected chi connectivity index (χ1v) is 6.09. The number of ether oxygens (including phenoxy) is 2. The molecule has 1 rings (SSSR count). The van der Waals surface area contributed by atoms with E-state index in [2.05, 4.69) is 10.1 Å². The SMILES string of the molecule is COC(=O)C(C)NC(=O)CCOc1ccc(C)cc1. The van der Waals surface area contributed by atoms with E-state index < -0.39 is 12.0 Å². The van der Waals surface area contributed by atoms with Crippen molar-refractivity contribution in [2.45, 2.75) is 26.3 Å². The molecule has 5 nitrogen and oxygen atoms in total. The molecule has 1 N–H and O–H groups in total. The van der Waals surface area contributed by atoms with Gasteiger partial charge in [0.2, 0.25) is 5.91 Å². The van der Waals surface area contributed by atoms with E-state index in [1.165, 1.54) is 7.11 Å². The van der Waals surface area contributed by atoms with Crippen molar-refractivity contribution in [1.29, 1.82) is 0 Å². The first kappa shape index (κ1) is 15.0.